The topological polar surface area (TPSA) is 66.6 Å². The molecule has 4 heterocycles. The Balaban J connectivity index is 1.45. The Morgan fingerprint density at radius 2 is 1.76 bits per heavy atom. The Kier molecular flexibility index (Phi) is 5.18. The number of nitrogens with zero attached hydrogens (tertiary/aromatic N) is 6. The minimum Gasteiger partial charge on any atom is -0.340 e. The van der Waals surface area contributed by atoms with E-state index in [2.05, 4.69) is 15.1 Å². The third-order valence-electron chi connectivity index (χ3n) is 6.14. The van der Waals surface area contributed by atoms with E-state index >= 15 is 0 Å². The van der Waals surface area contributed by atoms with Gasteiger partial charge in [-0.25, -0.2) is 13.8 Å². The van der Waals surface area contributed by atoms with Crippen LogP contribution >= 0.6 is 11.3 Å². The summed E-state index contributed by atoms with van der Waals surface area (Å²) in [5, 5.41) is 11.6. The van der Waals surface area contributed by atoms with Gasteiger partial charge < -0.3 is 9.80 Å². The van der Waals surface area contributed by atoms with Crippen LogP contribution in [-0.2, 0) is 0 Å². The number of amides is 1. The molecule has 7 nitrogen and oxygen atoms in total. The lowest BCUT2D eigenvalue weighted by atomic mass is 10.2. The first kappa shape index (κ1) is 20.7. The Labute approximate surface area is 199 Å². The maximum absolute atomic E-state index is 14.7. The molecule has 1 fully saturated rings. The first-order valence-corrected chi connectivity index (χ1v) is 12.1. The molecule has 0 bridgehead atoms. The highest BCUT2D eigenvalue weighted by atomic mass is 32.1. The molecule has 170 valence electrons. The third kappa shape index (κ3) is 3.49. The van der Waals surface area contributed by atoms with Crippen LogP contribution in [0.1, 0.15) is 16.1 Å². The predicted molar refractivity (Wildman–Crippen MR) is 131 cm³/mol. The zero-order valence-corrected chi connectivity index (χ0v) is 19.1. The molecule has 1 aliphatic rings. The fourth-order valence-electron chi connectivity index (χ4n) is 4.47. The van der Waals surface area contributed by atoms with Gasteiger partial charge in [0.2, 0.25) is 5.95 Å². The molecule has 5 aromatic rings. The van der Waals surface area contributed by atoms with Gasteiger partial charge in [-0.15, -0.1) is 21.5 Å². The van der Waals surface area contributed by atoms with Crippen LogP contribution in [0.15, 0.2) is 66.0 Å². The van der Waals surface area contributed by atoms with Crippen LogP contribution in [-0.4, -0.2) is 56.6 Å². The fourth-order valence-corrected chi connectivity index (χ4v) is 5.16. The normalized spacial score (nSPS) is 14.6. The number of carbonyl (C=O) groups is 1. The van der Waals surface area contributed by atoms with Crippen molar-refractivity contribution in [3.05, 3.63) is 76.7 Å². The predicted octanol–water partition coefficient (Wildman–Crippen LogP) is 4.50. The number of anilines is 1. The van der Waals surface area contributed by atoms with Gasteiger partial charge in [-0.2, -0.15) is 0 Å². The van der Waals surface area contributed by atoms with E-state index in [0.717, 1.165) is 22.2 Å². The molecule has 0 atom stereocenters. The van der Waals surface area contributed by atoms with Gasteiger partial charge in [-0.3, -0.25) is 4.79 Å². The van der Waals surface area contributed by atoms with Crippen LogP contribution in [0, 0.1) is 5.82 Å². The van der Waals surface area contributed by atoms with Gasteiger partial charge in [0, 0.05) is 31.6 Å². The van der Waals surface area contributed by atoms with Crippen molar-refractivity contribution in [2.24, 2.45) is 0 Å². The van der Waals surface area contributed by atoms with E-state index in [1.165, 1.54) is 17.4 Å². The summed E-state index contributed by atoms with van der Waals surface area (Å²) in [6.45, 7) is 2.56. The Morgan fingerprint density at radius 1 is 0.912 bits per heavy atom. The SMILES string of the molecule is O=C(c1cccs1)N1CCCN(c2nc3ccccc3c3nnc(-c4ccccc4F)n23)CC1. The summed E-state index contributed by atoms with van der Waals surface area (Å²) in [6, 6.07) is 18.1. The Hall–Kier alpha value is -3.85. The first-order chi connectivity index (χ1) is 16.7. The third-order valence-corrected chi connectivity index (χ3v) is 7.00. The summed E-state index contributed by atoms with van der Waals surface area (Å²) in [4.78, 5) is 22.7. The molecule has 1 amide bonds. The van der Waals surface area contributed by atoms with Gasteiger partial charge in [0.1, 0.15) is 5.82 Å². The van der Waals surface area contributed by atoms with Crippen molar-refractivity contribution in [3.63, 3.8) is 0 Å². The zero-order chi connectivity index (χ0) is 23.1. The molecule has 1 aliphatic heterocycles. The smallest absolute Gasteiger partial charge is 0.263 e. The van der Waals surface area contributed by atoms with Crippen molar-refractivity contribution >= 4 is 39.7 Å². The lowest BCUT2D eigenvalue weighted by molar-refractivity contribution is 0.0772. The number of halogens is 1. The summed E-state index contributed by atoms with van der Waals surface area (Å²) in [7, 11) is 0. The number of carbonyl (C=O) groups excluding carboxylic acids is 1. The van der Waals surface area contributed by atoms with Crippen molar-refractivity contribution in [1.82, 2.24) is 24.5 Å². The van der Waals surface area contributed by atoms with E-state index in [1.807, 2.05) is 51.1 Å². The van der Waals surface area contributed by atoms with Crippen molar-refractivity contribution in [1.29, 1.82) is 0 Å². The highest BCUT2D eigenvalue weighted by Crippen LogP contribution is 2.30. The number of benzene rings is 2. The van der Waals surface area contributed by atoms with Crippen LogP contribution in [0.25, 0.3) is 27.9 Å². The molecule has 0 spiro atoms. The minimum atomic E-state index is -0.362. The van der Waals surface area contributed by atoms with Crippen LogP contribution in [0.5, 0.6) is 0 Å². The largest absolute Gasteiger partial charge is 0.340 e. The number of hydrogen-bond donors (Lipinski definition) is 0. The number of hydrogen-bond acceptors (Lipinski definition) is 6. The highest BCUT2D eigenvalue weighted by molar-refractivity contribution is 7.12. The zero-order valence-electron chi connectivity index (χ0n) is 18.3. The average Bonchev–Trinajstić information content (AvgIpc) is 3.49. The van der Waals surface area contributed by atoms with E-state index in [4.69, 9.17) is 4.98 Å². The molecule has 0 aliphatic carbocycles. The number of para-hydroxylation sites is 1. The monoisotopic (exact) mass is 472 g/mol. The molecule has 2 aromatic carbocycles. The molecule has 0 saturated carbocycles. The molecule has 6 rings (SSSR count). The molecule has 0 unspecified atom stereocenters. The molecule has 0 radical (unpaired) electrons. The van der Waals surface area contributed by atoms with Crippen molar-refractivity contribution in [2.45, 2.75) is 6.42 Å². The Morgan fingerprint density at radius 3 is 2.62 bits per heavy atom. The summed E-state index contributed by atoms with van der Waals surface area (Å²) in [6.07, 6.45) is 0.796. The van der Waals surface area contributed by atoms with Gasteiger partial charge in [0.15, 0.2) is 11.5 Å². The number of fused-ring (bicyclic) bond motifs is 3. The van der Waals surface area contributed by atoms with Crippen LogP contribution in [0.4, 0.5) is 10.3 Å². The van der Waals surface area contributed by atoms with Crippen molar-refractivity contribution < 1.29 is 9.18 Å². The van der Waals surface area contributed by atoms with E-state index in [0.29, 0.717) is 49.2 Å². The summed E-state index contributed by atoms with van der Waals surface area (Å²) in [5.41, 5.74) is 1.81. The van der Waals surface area contributed by atoms with Gasteiger partial charge in [-0.05, 0) is 42.1 Å². The lowest BCUT2D eigenvalue weighted by Gasteiger charge is -2.24. The van der Waals surface area contributed by atoms with Gasteiger partial charge in [-0.1, -0.05) is 30.3 Å². The average molecular weight is 473 g/mol. The molecular formula is C25H21FN6OS. The van der Waals surface area contributed by atoms with Gasteiger partial charge >= 0.3 is 0 Å². The van der Waals surface area contributed by atoms with E-state index in [1.54, 1.807) is 18.2 Å². The standard InChI is InChI=1S/C25H21FN6OS/c26-19-9-3-1-7-17(19)22-28-29-23-18-8-2-4-10-20(18)27-25(32(22)23)31-13-6-12-30(14-15-31)24(33)21-11-5-16-34-21/h1-5,7-11,16H,6,12-15H2. The first-order valence-electron chi connectivity index (χ1n) is 11.2. The van der Waals surface area contributed by atoms with E-state index < -0.39 is 0 Å². The van der Waals surface area contributed by atoms with Crippen molar-refractivity contribution in [3.8, 4) is 11.4 Å². The summed E-state index contributed by atoms with van der Waals surface area (Å²) >= 11 is 1.46. The van der Waals surface area contributed by atoms with Gasteiger partial charge in [0.25, 0.3) is 5.91 Å². The van der Waals surface area contributed by atoms with Crippen LogP contribution in [0.2, 0.25) is 0 Å². The van der Waals surface area contributed by atoms with E-state index in [-0.39, 0.29) is 11.7 Å². The van der Waals surface area contributed by atoms with E-state index in [9.17, 15) is 9.18 Å². The van der Waals surface area contributed by atoms with Crippen molar-refractivity contribution in [2.75, 3.05) is 31.1 Å². The molecule has 0 N–H and O–H groups in total. The molecule has 1 saturated heterocycles. The molecule has 9 heteroatoms. The fraction of sp³-hybridized carbons (Fsp3) is 0.200. The Bertz CT molecular complexity index is 1500. The number of thiophene rings is 1. The minimum absolute atomic E-state index is 0.0600. The molecule has 3 aromatic heterocycles. The van der Waals surface area contributed by atoms with Gasteiger partial charge in [0.05, 0.1) is 16.0 Å². The summed E-state index contributed by atoms with van der Waals surface area (Å²) in [5.74, 6) is 0.767. The summed E-state index contributed by atoms with van der Waals surface area (Å²) < 4.78 is 16.6. The lowest BCUT2D eigenvalue weighted by Crippen LogP contribution is -2.35. The second-order valence-corrected chi connectivity index (χ2v) is 9.15. The van der Waals surface area contributed by atoms with Crippen LogP contribution < -0.4 is 4.90 Å². The second-order valence-electron chi connectivity index (χ2n) is 8.20. The maximum atomic E-state index is 14.7. The maximum Gasteiger partial charge on any atom is 0.263 e. The highest BCUT2D eigenvalue weighted by Gasteiger charge is 2.25. The second kappa shape index (κ2) is 8.49. The number of aromatic nitrogens is 4. The van der Waals surface area contributed by atoms with Crippen LogP contribution in [0.3, 0.4) is 0 Å². The molecule has 34 heavy (non-hydrogen) atoms. The quantitative estimate of drug-likeness (QED) is 0.387. The molecular weight excluding hydrogens is 451 g/mol. The number of rotatable bonds is 3.